The van der Waals surface area contributed by atoms with Crippen LogP contribution in [0.3, 0.4) is 0 Å². The van der Waals surface area contributed by atoms with Crippen molar-refractivity contribution in [3.63, 3.8) is 0 Å². The number of fused-ring (bicyclic) bond motifs is 1. The minimum atomic E-state index is -0.590. The van der Waals surface area contributed by atoms with Crippen molar-refractivity contribution in [3.8, 4) is 11.5 Å². The first-order valence-electron chi connectivity index (χ1n) is 16.8. The Balaban J connectivity index is 0.000000392. The molecular formula is C39H45Cl2N7O3. The maximum Gasteiger partial charge on any atom is 0.227 e. The molecule has 1 aliphatic rings. The molecule has 4 aromatic carbocycles. The number of carbonyl (C=O) groups is 1. The zero-order valence-corrected chi connectivity index (χ0v) is 31.0. The normalized spacial score (nSPS) is 13.7. The quantitative estimate of drug-likeness (QED) is 0.124. The Bertz CT molecular complexity index is 1900. The summed E-state index contributed by atoms with van der Waals surface area (Å²) in [5.41, 5.74) is 12.9. The fraction of sp³-hybridized carbons (Fsp3) is 0.308. The Morgan fingerprint density at radius 3 is 2.06 bits per heavy atom. The number of hydrogen-bond donors (Lipinski definition) is 3. The van der Waals surface area contributed by atoms with Crippen LogP contribution in [0.2, 0.25) is 10.0 Å². The number of carbonyl (C=O) groups excluding carboxylic acids is 1. The van der Waals surface area contributed by atoms with E-state index in [-0.39, 0.29) is 5.91 Å². The molecule has 1 aromatic heterocycles. The van der Waals surface area contributed by atoms with Crippen LogP contribution in [0.1, 0.15) is 29.5 Å². The minimum Gasteiger partial charge on any atom is -0.493 e. The number of nitrogen functional groups attached to an aromatic ring is 1. The lowest BCUT2D eigenvalue weighted by Crippen LogP contribution is -2.50. The number of nitrogens with one attached hydrogen (secondary N) is 2. The highest BCUT2D eigenvalue weighted by molar-refractivity contribution is 6.42. The van der Waals surface area contributed by atoms with E-state index in [4.69, 9.17) is 43.4 Å². The zero-order chi connectivity index (χ0) is 36.4. The number of amides is 1. The monoisotopic (exact) mass is 729 g/mol. The molecule has 10 nitrogen and oxygen atoms in total. The smallest absolute Gasteiger partial charge is 0.227 e. The number of ether oxygens (including phenoxy) is 2. The molecule has 0 radical (unpaired) electrons. The summed E-state index contributed by atoms with van der Waals surface area (Å²) in [6, 6.07) is 29.4. The molecule has 0 unspecified atom stereocenters. The molecule has 2 heterocycles. The summed E-state index contributed by atoms with van der Waals surface area (Å²) < 4.78 is 10.9. The van der Waals surface area contributed by atoms with Crippen molar-refractivity contribution in [2.24, 2.45) is 5.41 Å². The number of rotatable bonds is 11. The highest BCUT2D eigenvalue weighted by Crippen LogP contribution is 2.38. The van der Waals surface area contributed by atoms with Gasteiger partial charge >= 0.3 is 0 Å². The van der Waals surface area contributed by atoms with Gasteiger partial charge in [0.25, 0.3) is 0 Å². The van der Waals surface area contributed by atoms with Gasteiger partial charge in [0.05, 0.1) is 35.2 Å². The zero-order valence-electron chi connectivity index (χ0n) is 29.5. The Morgan fingerprint density at radius 2 is 1.45 bits per heavy atom. The molecule has 0 saturated carbocycles. The number of aromatic nitrogens is 2. The first-order valence-corrected chi connectivity index (χ1v) is 17.5. The largest absolute Gasteiger partial charge is 0.493 e. The average Bonchev–Trinajstić information content (AvgIpc) is 3.15. The maximum absolute atomic E-state index is 13.8. The molecule has 0 spiro atoms. The number of nitrogens with two attached hydrogens (primary N) is 1. The number of methoxy groups -OCH3 is 2. The molecule has 1 fully saturated rings. The number of hydrazine groups is 1. The standard InChI is InChI=1S/C30H31Cl2N5O3.C9H14N2/c1-39-25-15-21-24(16-26(25)40-2)35-29(36-27(21)33)37-12-10-30(11-13-37,17-19-6-4-3-5-7-19)28(38)34-18-20-8-9-22(31)23(32)14-20;1-11(2)10-8-9-6-4-3-5-7-9/h3-9,14-16H,10-13,17-18H2,1-2H3,(H,34,38)(H2,33,35,36);3-7,10H,8H2,1-2H3. The van der Waals surface area contributed by atoms with E-state index in [1.165, 1.54) is 5.56 Å². The van der Waals surface area contributed by atoms with Crippen LogP contribution in [0, 0.1) is 5.41 Å². The number of piperidine rings is 1. The first-order chi connectivity index (χ1) is 24.6. The highest BCUT2D eigenvalue weighted by Gasteiger charge is 2.42. The van der Waals surface area contributed by atoms with Crippen LogP contribution in [0.25, 0.3) is 10.9 Å². The highest BCUT2D eigenvalue weighted by atomic mass is 35.5. The Morgan fingerprint density at radius 1 is 0.824 bits per heavy atom. The third-order valence-corrected chi connectivity index (χ3v) is 9.71. The van der Waals surface area contributed by atoms with Gasteiger partial charge in [0.1, 0.15) is 5.82 Å². The van der Waals surface area contributed by atoms with E-state index < -0.39 is 5.41 Å². The molecule has 1 saturated heterocycles. The van der Waals surface area contributed by atoms with Gasteiger partial charge in [-0.05, 0) is 54.2 Å². The number of anilines is 2. The van der Waals surface area contributed by atoms with E-state index in [0.717, 1.165) is 17.7 Å². The molecular weight excluding hydrogens is 685 g/mol. The van der Waals surface area contributed by atoms with Crippen molar-refractivity contribution >= 4 is 51.8 Å². The molecule has 51 heavy (non-hydrogen) atoms. The fourth-order valence-electron chi connectivity index (χ4n) is 6.08. The first kappa shape index (κ1) is 37.6. The second kappa shape index (κ2) is 17.5. The van der Waals surface area contributed by atoms with Crippen LogP contribution in [0.5, 0.6) is 11.5 Å². The second-order valence-electron chi connectivity index (χ2n) is 12.7. The van der Waals surface area contributed by atoms with Gasteiger partial charge in [0.15, 0.2) is 11.5 Å². The lowest BCUT2D eigenvalue weighted by atomic mass is 9.73. The summed E-state index contributed by atoms with van der Waals surface area (Å²) >= 11 is 12.2. The van der Waals surface area contributed by atoms with Crippen molar-refractivity contribution < 1.29 is 14.3 Å². The Kier molecular flexibility index (Phi) is 13.0. The van der Waals surface area contributed by atoms with E-state index >= 15 is 0 Å². The van der Waals surface area contributed by atoms with Gasteiger partial charge < -0.3 is 25.4 Å². The van der Waals surface area contributed by atoms with Gasteiger partial charge in [0.2, 0.25) is 11.9 Å². The molecule has 268 valence electrons. The Labute approximate surface area is 309 Å². The molecule has 0 bridgehead atoms. The summed E-state index contributed by atoms with van der Waals surface area (Å²) in [5.74, 6) is 2.04. The maximum atomic E-state index is 13.8. The van der Waals surface area contributed by atoms with Crippen LogP contribution < -0.4 is 30.8 Å². The fourth-order valence-corrected chi connectivity index (χ4v) is 6.40. The second-order valence-corrected chi connectivity index (χ2v) is 13.5. The van der Waals surface area contributed by atoms with Gasteiger partial charge in [-0.3, -0.25) is 15.2 Å². The lowest BCUT2D eigenvalue weighted by Gasteiger charge is -2.41. The van der Waals surface area contributed by atoms with E-state index in [9.17, 15) is 4.79 Å². The topological polar surface area (TPSA) is 118 Å². The SMILES string of the molecule is CN(C)NCc1ccccc1.COc1cc2nc(N3CCC(Cc4ccccc4)(C(=O)NCc4ccc(Cl)c(Cl)c4)CC3)nc(N)c2cc1OC. The van der Waals surface area contributed by atoms with E-state index in [1.807, 2.05) is 61.6 Å². The van der Waals surface area contributed by atoms with Crippen LogP contribution in [0.4, 0.5) is 11.8 Å². The Hall–Kier alpha value is -4.61. The van der Waals surface area contributed by atoms with Crippen LogP contribution in [0.15, 0.2) is 91.0 Å². The van der Waals surface area contributed by atoms with Gasteiger partial charge in [-0.15, -0.1) is 0 Å². The molecule has 0 atom stereocenters. The molecule has 1 amide bonds. The summed E-state index contributed by atoms with van der Waals surface area (Å²) in [7, 11) is 7.13. The van der Waals surface area contributed by atoms with E-state index in [2.05, 4.69) is 44.9 Å². The predicted molar refractivity (Wildman–Crippen MR) is 206 cm³/mol. The van der Waals surface area contributed by atoms with Crippen molar-refractivity contribution in [2.75, 3.05) is 52.0 Å². The average molecular weight is 731 g/mol. The van der Waals surface area contributed by atoms with Crippen molar-refractivity contribution in [3.05, 3.63) is 118 Å². The number of nitrogens with zero attached hydrogens (tertiary/aromatic N) is 4. The van der Waals surface area contributed by atoms with Gasteiger partial charge in [-0.25, -0.2) is 4.98 Å². The number of hydrogen-bond acceptors (Lipinski definition) is 9. The summed E-state index contributed by atoms with van der Waals surface area (Å²) in [6.07, 6.45) is 1.89. The van der Waals surface area contributed by atoms with Crippen molar-refractivity contribution in [1.82, 2.24) is 25.7 Å². The summed E-state index contributed by atoms with van der Waals surface area (Å²) in [6.45, 7) is 2.47. The van der Waals surface area contributed by atoms with Crippen LogP contribution in [-0.2, 0) is 24.3 Å². The third kappa shape index (κ3) is 9.80. The molecule has 0 aliphatic carbocycles. The molecule has 1 aliphatic heterocycles. The van der Waals surface area contributed by atoms with Gasteiger partial charge in [0, 0.05) is 51.7 Å². The third-order valence-electron chi connectivity index (χ3n) is 8.97. The minimum absolute atomic E-state index is 0.0119. The molecule has 4 N–H and O–H groups in total. The van der Waals surface area contributed by atoms with E-state index in [1.54, 1.807) is 38.5 Å². The lowest BCUT2D eigenvalue weighted by molar-refractivity contribution is -0.132. The predicted octanol–water partition coefficient (Wildman–Crippen LogP) is 6.93. The summed E-state index contributed by atoms with van der Waals surface area (Å²) in [5, 5.41) is 6.75. The van der Waals surface area contributed by atoms with Crippen molar-refractivity contribution in [2.45, 2.75) is 32.4 Å². The molecule has 6 rings (SSSR count). The number of benzene rings is 4. The van der Waals surface area contributed by atoms with Crippen LogP contribution >= 0.6 is 23.2 Å². The molecule has 5 aromatic rings. The number of halogens is 2. The van der Waals surface area contributed by atoms with Crippen LogP contribution in [-0.4, -0.2) is 62.3 Å². The van der Waals surface area contributed by atoms with E-state index in [0.29, 0.717) is 83.1 Å². The van der Waals surface area contributed by atoms with Crippen molar-refractivity contribution in [1.29, 1.82) is 0 Å². The van der Waals surface area contributed by atoms with Gasteiger partial charge in [-0.2, -0.15) is 4.98 Å². The van der Waals surface area contributed by atoms with Gasteiger partial charge in [-0.1, -0.05) is 89.9 Å². The molecule has 12 heteroatoms. The summed E-state index contributed by atoms with van der Waals surface area (Å²) in [4.78, 5) is 25.3.